The molecule has 4 nitrogen and oxygen atoms in total. The number of hydrogen-bond acceptors (Lipinski definition) is 4. The van der Waals surface area contributed by atoms with Gasteiger partial charge < -0.3 is 14.7 Å². The molecule has 2 N–H and O–H groups in total. The molecule has 0 amide bonds. The predicted molar refractivity (Wildman–Crippen MR) is 35.0 cm³/mol. The fourth-order valence-electron chi connectivity index (χ4n) is 0.563. The van der Waals surface area contributed by atoms with Gasteiger partial charge in [0.15, 0.2) is 0 Å². The molecule has 1 heterocycles. The average molecular weight is 157 g/mol. The van der Waals surface area contributed by atoms with Gasteiger partial charge in [0, 0.05) is 0 Å². The van der Waals surface area contributed by atoms with E-state index in [-0.39, 0.29) is 5.88 Å². The molecule has 0 aliphatic rings. The minimum atomic E-state index is -1.97. The van der Waals surface area contributed by atoms with E-state index in [1.807, 2.05) is 0 Å². The molecule has 0 aromatic carbocycles. The Morgan fingerprint density at radius 2 is 2.18 bits per heavy atom. The lowest BCUT2D eigenvalue weighted by Crippen LogP contribution is -2.21. The Morgan fingerprint density at radius 3 is 2.73 bits per heavy atom. The third-order valence-corrected chi connectivity index (χ3v) is 0.916. The van der Waals surface area contributed by atoms with Crippen LogP contribution in [0.1, 0.15) is 0 Å². The van der Waals surface area contributed by atoms with E-state index in [0.717, 1.165) is 6.07 Å². The van der Waals surface area contributed by atoms with Crippen LogP contribution in [0.25, 0.3) is 0 Å². The maximum Gasteiger partial charge on any atom is 0.708 e. The largest absolute Gasteiger partial charge is 0.708 e. The van der Waals surface area contributed by atoms with Gasteiger partial charge in [-0.25, -0.2) is 0 Å². The molecule has 0 bridgehead atoms. The third-order valence-electron chi connectivity index (χ3n) is 0.916. The van der Waals surface area contributed by atoms with Crippen LogP contribution in [0.5, 0.6) is 5.88 Å². The van der Waals surface area contributed by atoms with Gasteiger partial charge in [0.05, 0.1) is 0 Å². The van der Waals surface area contributed by atoms with Gasteiger partial charge in [-0.1, -0.05) is 6.07 Å². The van der Waals surface area contributed by atoms with Crippen molar-refractivity contribution in [2.75, 3.05) is 0 Å². The van der Waals surface area contributed by atoms with Crippen LogP contribution >= 0.6 is 0 Å². The van der Waals surface area contributed by atoms with Crippen LogP contribution in [0.4, 0.5) is 4.39 Å². The van der Waals surface area contributed by atoms with Gasteiger partial charge in [-0.05, 0) is 12.1 Å². The predicted octanol–water partition coefficient (Wildman–Crippen LogP) is -0.431. The maximum atomic E-state index is 12.3. The summed E-state index contributed by atoms with van der Waals surface area (Å²) in [6.07, 6.45) is 0. The molecule has 0 unspecified atom stereocenters. The van der Waals surface area contributed by atoms with E-state index in [9.17, 15) is 4.39 Å². The topological polar surface area (TPSA) is 62.6 Å². The van der Waals surface area contributed by atoms with Gasteiger partial charge >= 0.3 is 7.32 Å². The Labute approximate surface area is 62.4 Å². The molecule has 0 saturated heterocycles. The molecule has 58 valence electrons. The first-order valence-corrected chi connectivity index (χ1v) is 2.84. The lowest BCUT2D eigenvalue weighted by Gasteiger charge is -2.01. The van der Waals surface area contributed by atoms with Gasteiger partial charge in [0.25, 0.3) is 0 Å². The number of rotatable bonds is 2. The Bertz CT molecular complexity index is 245. The highest BCUT2D eigenvalue weighted by Gasteiger charge is 2.11. The summed E-state index contributed by atoms with van der Waals surface area (Å²) < 4.78 is 16.5. The molecule has 0 aliphatic carbocycles. The summed E-state index contributed by atoms with van der Waals surface area (Å²) >= 11 is 0. The summed E-state index contributed by atoms with van der Waals surface area (Å²) in [5.74, 6) is -0.900. The molecule has 0 radical (unpaired) electrons. The summed E-state index contributed by atoms with van der Waals surface area (Å²) in [7, 11) is -1.97. The number of aromatic nitrogens is 1. The maximum absolute atomic E-state index is 12.3. The number of nitrogens with zero attached hydrogens (tertiary/aromatic N) is 1. The van der Waals surface area contributed by atoms with Crippen LogP contribution in [0.15, 0.2) is 18.2 Å². The molecule has 0 saturated carbocycles. The first-order valence-electron chi connectivity index (χ1n) is 2.84. The highest BCUT2D eigenvalue weighted by molar-refractivity contribution is 6.33. The van der Waals surface area contributed by atoms with Crippen LogP contribution in [-0.2, 0) is 0 Å². The first-order chi connectivity index (χ1) is 5.18. The Kier molecular flexibility index (Phi) is 2.40. The van der Waals surface area contributed by atoms with Crippen LogP contribution in [0.3, 0.4) is 0 Å². The van der Waals surface area contributed by atoms with E-state index < -0.39 is 13.3 Å². The third kappa shape index (κ3) is 2.52. The molecule has 0 atom stereocenters. The number of hydrogen-bond donors (Lipinski definition) is 2. The van der Waals surface area contributed by atoms with Crippen molar-refractivity contribution in [3.63, 3.8) is 0 Å². The Hall–Kier alpha value is -1.14. The van der Waals surface area contributed by atoms with E-state index in [0.29, 0.717) is 0 Å². The lowest BCUT2D eigenvalue weighted by atomic mass is 10.3. The van der Waals surface area contributed by atoms with Gasteiger partial charge in [0.2, 0.25) is 11.8 Å². The summed E-state index contributed by atoms with van der Waals surface area (Å²) in [5.41, 5.74) is 0. The van der Waals surface area contributed by atoms with Gasteiger partial charge in [-0.15, -0.1) is 0 Å². The van der Waals surface area contributed by atoms with Crippen LogP contribution < -0.4 is 4.65 Å². The van der Waals surface area contributed by atoms with Crippen molar-refractivity contribution < 1.29 is 19.1 Å². The van der Waals surface area contributed by atoms with Crippen molar-refractivity contribution >= 4 is 7.32 Å². The smallest absolute Gasteiger partial charge is 0.498 e. The molecule has 0 aliphatic heterocycles. The van der Waals surface area contributed by atoms with E-state index >= 15 is 0 Å². The minimum Gasteiger partial charge on any atom is -0.498 e. The zero-order valence-electron chi connectivity index (χ0n) is 5.44. The van der Waals surface area contributed by atoms with Crippen LogP contribution in [0, 0.1) is 5.95 Å². The summed E-state index contributed by atoms with van der Waals surface area (Å²) in [4.78, 5) is 3.20. The van der Waals surface area contributed by atoms with E-state index in [1.165, 1.54) is 12.1 Å². The zero-order valence-corrected chi connectivity index (χ0v) is 5.44. The molecule has 1 rings (SSSR count). The van der Waals surface area contributed by atoms with Crippen molar-refractivity contribution in [3.8, 4) is 5.88 Å². The average Bonchev–Trinajstić information content (AvgIpc) is 1.85. The zero-order chi connectivity index (χ0) is 8.27. The van der Waals surface area contributed by atoms with Crippen molar-refractivity contribution in [1.82, 2.24) is 4.98 Å². The highest BCUT2D eigenvalue weighted by Crippen LogP contribution is 2.05. The molecule has 1 aromatic heterocycles. The monoisotopic (exact) mass is 157 g/mol. The molecule has 0 fully saturated rings. The molecule has 0 spiro atoms. The van der Waals surface area contributed by atoms with Gasteiger partial charge in [-0.2, -0.15) is 9.37 Å². The second-order valence-corrected chi connectivity index (χ2v) is 1.74. The normalized spacial score (nSPS) is 9.36. The van der Waals surface area contributed by atoms with Crippen molar-refractivity contribution in [3.05, 3.63) is 24.1 Å². The highest BCUT2D eigenvalue weighted by atomic mass is 19.1. The lowest BCUT2D eigenvalue weighted by molar-refractivity contribution is 0.281. The minimum absolute atomic E-state index is 0.167. The molecule has 11 heavy (non-hydrogen) atoms. The first kappa shape index (κ1) is 7.97. The van der Waals surface area contributed by atoms with Gasteiger partial charge in [-0.3, -0.25) is 0 Å². The second kappa shape index (κ2) is 3.31. The standard InChI is InChI=1S/C5H5BFNO3/c7-4-2-1-3-5(8-4)11-6(9)10/h1-3,9-10H. The Morgan fingerprint density at radius 1 is 1.45 bits per heavy atom. The fourth-order valence-corrected chi connectivity index (χ4v) is 0.563. The fraction of sp³-hybridized carbons (Fsp3) is 0. The number of halogens is 1. The van der Waals surface area contributed by atoms with E-state index in [1.54, 1.807) is 0 Å². The van der Waals surface area contributed by atoms with Crippen molar-refractivity contribution in [2.24, 2.45) is 0 Å². The molecular weight excluding hydrogens is 152 g/mol. The van der Waals surface area contributed by atoms with Crippen molar-refractivity contribution in [2.45, 2.75) is 0 Å². The van der Waals surface area contributed by atoms with Crippen LogP contribution in [0.2, 0.25) is 0 Å². The van der Waals surface area contributed by atoms with Crippen molar-refractivity contribution in [1.29, 1.82) is 0 Å². The number of pyridine rings is 1. The second-order valence-electron chi connectivity index (χ2n) is 1.74. The Balaban J connectivity index is 2.71. The quantitative estimate of drug-likeness (QED) is 0.451. The van der Waals surface area contributed by atoms with E-state index in [4.69, 9.17) is 10.0 Å². The van der Waals surface area contributed by atoms with Crippen LogP contribution in [-0.4, -0.2) is 22.4 Å². The molecule has 1 aromatic rings. The summed E-state index contributed by atoms with van der Waals surface area (Å²) in [5, 5.41) is 16.5. The van der Waals surface area contributed by atoms with E-state index in [2.05, 4.69) is 9.64 Å². The molecule has 6 heteroatoms. The summed E-state index contributed by atoms with van der Waals surface area (Å²) in [6.45, 7) is 0. The van der Waals surface area contributed by atoms with Gasteiger partial charge in [0.1, 0.15) is 0 Å². The SMILES string of the molecule is OB(O)Oc1cccc(F)n1. The molecular formula is C5H5BFNO3. The summed E-state index contributed by atoms with van der Waals surface area (Å²) in [6, 6.07) is 3.78.